The summed E-state index contributed by atoms with van der Waals surface area (Å²) in [7, 11) is 1.70. The lowest BCUT2D eigenvalue weighted by molar-refractivity contribution is 0.414. The number of hydrogen-bond donors (Lipinski definition) is 2. The van der Waals surface area contributed by atoms with Crippen molar-refractivity contribution in [2.75, 3.05) is 7.11 Å². The average Bonchev–Trinajstić information content (AvgIpc) is 3.24. The second kappa shape index (κ2) is 9.76. The number of aromatic amines is 1. The Kier molecular flexibility index (Phi) is 6.23. The fourth-order valence-corrected chi connectivity index (χ4v) is 4.46. The zero-order valence-corrected chi connectivity index (χ0v) is 18.8. The molecule has 5 aromatic rings. The number of ether oxygens (including phenoxy) is 1. The van der Waals surface area contributed by atoms with Crippen LogP contribution in [0.4, 0.5) is 0 Å². The molecule has 1 aromatic heterocycles. The molecule has 0 saturated heterocycles. The van der Waals surface area contributed by atoms with Crippen molar-refractivity contribution in [3.05, 3.63) is 137 Å². The fourth-order valence-electron chi connectivity index (χ4n) is 4.46. The molecule has 0 amide bonds. The third kappa shape index (κ3) is 4.69. The van der Waals surface area contributed by atoms with E-state index in [1.807, 2.05) is 12.1 Å². The number of benzene rings is 4. The highest BCUT2D eigenvalue weighted by molar-refractivity contribution is 5.85. The van der Waals surface area contributed by atoms with Crippen molar-refractivity contribution < 1.29 is 4.74 Å². The SMILES string of the molecule is COc1ccc(C(NCc2ccccc2)c2[nH]c3ccccc3c2Cc2ccccc2)cc1. The molecule has 2 N–H and O–H groups in total. The normalized spacial score (nSPS) is 12.0. The van der Waals surface area contributed by atoms with Crippen LogP contribution < -0.4 is 10.1 Å². The second-order valence-corrected chi connectivity index (χ2v) is 8.30. The van der Waals surface area contributed by atoms with E-state index in [0.717, 1.165) is 18.7 Å². The molecular weight excluding hydrogens is 404 g/mol. The van der Waals surface area contributed by atoms with Crippen molar-refractivity contribution in [3.63, 3.8) is 0 Å². The highest BCUT2D eigenvalue weighted by Crippen LogP contribution is 2.33. The van der Waals surface area contributed by atoms with Crippen molar-refractivity contribution >= 4 is 10.9 Å². The van der Waals surface area contributed by atoms with Crippen molar-refractivity contribution in [1.82, 2.24) is 10.3 Å². The molecule has 1 heterocycles. The Morgan fingerprint density at radius 1 is 0.727 bits per heavy atom. The van der Waals surface area contributed by atoms with E-state index in [1.54, 1.807) is 7.11 Å². The molecule has 0 radical (unpaired) electrons. The average molecular weight is 433 g/mol. The van der Waals surface area contributed by atoms with Gasteiger partial charge in [-0.3, -0.25) is 0 Å². The number of rotatable bonds is 8. The van der Waals surface area contributed by atoms with Gasteiger partial charge in [-0.1, -0.05) is 91.0 Å². The minimum Gasteiger partial charge on any atom is -0.497 e. The molecule has 0 aliphatic heterocycles. The highest BCUT2D eigenvalue weighted by Gasteiger charge is 2.22. The molecule has 33 heavy (non-hydrogen) atoms. The van der Waals surface area contributed by atoms with Gasteiger partial charge in [0, 0.05) is 23.1 Å². The van der Waals surface area contributed by atoms with Crippen LogP contribution in [0.1, 0.15) is 34.0 Å². The van der Waals surface area contributed by atoms with Gasteiger partial charge in [-0.25, -0.2) is 0 Å². The number of H-pyrrole nitrogens is 1. The van der Waals surface area contributed by atoms with Gasteiger partial charge >= 0.3 is 0 Å². The predicted octanol–water partition coefficient (Wildman–Crippen LogP) is 6.65. The van der Waals surface area contributed by atoms with E-state index < -0.39 is 0 Å². The van der Waals surface area contributed by atoms with E-state index in [9.17, 15) is 0 Å². The van der Waals surface area contributed by atoms with Gasteiger partial charge < -0.3 is 15.0 Å². The summed E-state index contributed by atoms with van der Waals surface area (Å²) < 4.78 is 5.41. The van der Waals surface area contributed by atoms with Gasteiger partial charge in [0.25, 0.3) is 0 Å². The van der Waals surface area contributed by atoms with E-state index in [-0.39, 0.29) is 6.04 Å². The zero-order valence-electron chi connectivity index (χ0n) is 18.8. The topological polar surface area (TPSA) is 37.0 Å². The summed E-state index contributed by atoms with van der Waals surface area (Å²) in [6, 6.07) is 38.2. The third-order valence-corrected chi connectivity index (χ3v) is 6.16. The third-order valence-electron chi connectivity index (χ3n) is 6.16. The van der Waals surface area contributed by atoms with Crippen molar-refractivity contribution in [2.45, 2.75) is 19.0 Å². The number of hydrogen-bond acceptors (Lipinski definition) is 2. The summed E-state index contributed by atoms with van der Waals surface area (Å²) in [6.45, 7) is 0.775. The van der Waals surface area contributed by atoms with Crippen LogP contribution in [0.25, 0.3) is 10.9 Å². The first-order chi connectivity index (χ1) is 16.3. The molecule has 164 valence electrons. The van der Waals surface area contributed by atoms with Gasteiger partial charge in [-0.15, -0.1) is 0 Å². The first kappa shape index (κ1) is 21.0. The van der Waals surface area contributed by atoms with Crippen LogP contribution >= 0.6 is 0 Å². The molecule has 1 unspecified atom stereocenters. The molecule has 0 spiro atoms. The van der Waals surface area contributed by atoms with Crippen LogP contribution in [0.2, 0.25) is 0 Å². The Hall–Kier alpha value is -3.82. The standard InChI is InChI=1S/C30H28N2O/c1-33-25-18-16-24(17-19-25)29(31-21-23-12-6-3-7-13-23)30-27(20-22-10-4-2-5-11-22)26-14-8-9-15-28(26)32-30/h2-19,29,31-32H,20-21H2,1H3. The lowest BCUT2D eigenvalue weighted by Crippen LogP contribution is -2.23. The Morgan fingerprint density at radius 2 is 1.36 bits per heavy atom. The minimum atomic E-state index is 0.0159. The fraction of sp³-hybridized carbons (Fsp3) is 0.133. The van der Waals surface area contributed by atoms with Crippen LogP contribution in [0.3, 0.4) is 0 Å². The Bertz CT molecular complexity index is 1310. The number of para-hydroxylation sites is 1. The van der Waals surface area contributed by atoms with E-state index >= 15 is 0 Å². The lowest BCUT2D eigenvalue weighted by Gasteiger charge is -2.21. The lowest BCUT2D eigenvalue weighted by atomic mass is 9.95. The maximum absolute atomic E-state index is 5.41. The molecule has 0 bridgehead atoms. The summed E-state index contributed by atoms with van der Waals surface area (Å²) in [5, 5.41) is 5.10. The van der Waals surface area contributed by atoms with Gasteiger partial charge in [0.15, 0.2) is 0 Å². The highest BCUT2D eigenvalue weighted by atomic mass is 16.5. The number of aromatic nitrogens is 1. The molecule has 0 saturated carbocycles. The van der Waals surface area contributed by atoms with Crippen molar-refractivity contribution in [3.8, 4) is 5.75 Å². The van der Waals surface area contributed by atoms with Crippen LogP contribution in [0, 0.1) is 0 Å². The first-order valence-corrected chi connectivity index (χ1v) is 11.4. The molecular formula is C30H28N2O. The smallest absolute Gasteiger partial charge is 0.118 e. The summed E-state index contributed by atoms with van der Waals surface area (Å²) in [6.07, 6.45) is 0.875. The second-order valence-electron chi connectivity index (χ2n) is 8.30. The maximum Gasteiger partial charge on any atom is 0.118 e. The monoisotopic (exact) mass is 432 g/mol. The van der Waals surface area contributed by atoms with Gasteiger partial charge in [-0.05, 0) is 46.9 Å². The van der Waals surface area contributed by atoms with Crippen LogP contribution in [0.5, 0.6) is 5.75 Å². The Balaban J connectivity index is 1.59. The van der Waals surface area contributed by atoms with E-state index in [4.69, 9.17) is 4.74 Å². The van der Waals surface area contributed by atoms with Crippen molar-refractivity contribution in [1.29, 1.82) is 0 Å². The quantitative estimate of drug-likeness (QED) is 0.288. The largest absolute Gasteiger partial charge is 0.497 e. The van der Waals surface area contributed by atoms with Crippen molar-refractivity contribution in [2.24, 2.45) is 0 Å². The molecule has 3 nitrogen and oxygen atoms in total. The first-order valence-electron chi connectivity index (χ1n) is 11.4. The molecule has 3 heteroatoms. The van der Waals surface area contributed by atoms with E-state index in [2.05, 4.69) is 107 Å². The van der Waals surface area contributed by atoms with Gasteiger partial charge in [0.1, 0.15) is 5.75 Å². The summed E-state index contributed by atoms with van der Waals surface area (Å²) in [5.74, 6) is 0.863. The molecule has 0 fully saturated rings. The zero-order chi connectivity index (χ0) is 22.5. The number of nitrogens with one attached hydrogen (secondary N) is 2. The van der Waals surface area contributed by atoms with Crippen LogP contribution in [0.15, 0.2) is 109 Å². The molecule has 1 atom stereocenters. The van der Waals surface area contributed by atoms with Crippen LogP contribution in [-0.2, 0) is 13.0 Å². The number of fused-ring (bicyclic) bond motifs is 1. The van der Waals surface area contributed by atoms with E-state index in [0.29, 0.717) is 0 Å². The Morgan fingerprint density at radius 3 is 2.06 bits per heavy atom. The predicted molar refractivity (Wildman–Crippen MR) is 136 cm³/mol. The molecule has 4 aromatic carbocycles. The summed E-state index contributed by atoms with van der Waals surface area (Å²) >= 11 is 0. The maximum atomic E-state index is 5.41. The van der Waals surface area contributed by atoms with Gasteiger partial charge in [0.2, 0.25) is 0 Å². The summed E-state index contributed by atoms with van der Waals surface area (Å²) in [4.78, 5) is 3.75. The molecule has 0 aliphatic rings. The number of methoxy groups -OCH3 is 1. The minimum absolute atomic E-state index is 0.0159. The molecule has 0 aliphatic carbocycles. The van der Waals surface area contributed by atoms with E-state index in [1.165, 1.54) is 38.9 Å². The van der Waals surface area contributed by atoms with Crippen LogP contribution in [-0.4, -0.2) is 12.1 Å². The summed E-state index contributed by atoms with van der Waals surface area (Å²) in [5.41, 5.74) is 7.47. The van der Waals surface area contributed by atoms with Gasteiger partial charge in [-0.2, -0.15) is 0 Å². The Labute approximate surface area is 195 Å². The molecule has 5 rings (SSSR count). The van der Waals surface area contributed by atoms with Gasteiger partial charge in [0.05, 0.1) is 13.2 Å².